The number of benzene rings is 2. The van der Waals surface area contributed by atoms with E-state index in [-0.39, 0.29) is 23.3 Å². The van der Waals surface area contributed by atoms with Crippen LogP contribution in [0.25, 0.3) is 0 Å². The van der Waals surface area contributed by atoms with Crippen LogP contribution in [-0.2, 0) is 21.4 Å². The number of carbonyl (C=O) groups excluding carboxylic acids is 2. The van der Waals surface area contributed by atoms with E-state index in [9.17, 15) is 22.4 Å². The van der Waals surface area contributed by atoms with Crippen LogP contribution in [0.5, 0.6) is 0 Å². The summed E-state index contributed by atoms with van der Waals surface area (Å²) >= 11 is 5.95. The second-order valence-corrected chi connectivity index (χ2v) is 11.3. The third-order valence-electron chi connectivity index (χ3n) is 6.50. The molecule has 35 heavy (non-hydrogen) atoms. The van der Waals surface area contributed by atoms with Gasteiger partial charge in [0.25, 0.3) is 5.91 Å². The number of carbonyl (C=O) groups is 2. The van der Waals surface area contributed by atoms with Gasteiger partial charge in [0, 0.05) is 36.8 Å². The Labute approximate surface area is 210 Å². The van der Waals surface area contributed by atoms with E-state index >= 15 is 0 Å². The van der Waals surface area contributed by atoms with Gasteiger partial charge in [0.05, 0.1) is 4.90 Å². The molecular weight excluding hydrogens is 493 g/mol. The number of rotatable bonds is 6. The minimum Gasteiger partial charge on any atom is -0.355 e. The number of likely N-dealkylation sites (tertiary alicyclic amines) is 1. The van der Waals surface area contributed by atoms with Crippen molar-refractivity contribution >= 4 is 33.4 Å². The zero-order valence-electron chi connectivity index (χ0n) is 19.3. The van der Waals surface area contributed by atoms with Gasteiger partial charge in [-0.15, -0.1) is 0 Å². The first-order valence-corrected chi connectivity index (χ1v) is 13.6. The Hall–Kier alpha value is -2.49. The average molecular weight is 522 g/mol. The van der Waals surface area contributed by atoms with Crippen LogP contribution >= 0.6 is 11.6 Å². The quantitative estimate of drug-likeness (QED) is 0.627. The molecule has 2 aliphatic heterocycles. The van der Waals surface area contributed by atoms with E-state index in [1.54, 1.807) is 29.2 Å². The predicted molar refractivity (Wildman–Crippen MR) is 131 cm³/mol. The average Bonchev–Trinajstić information content (AvgIpc) is 3.07. The number of nitrogens with one attached hydrogen (secondary N) is 1. The van der Waals surface area contributed by atoms with Crippen molar-refractivity contribution in [1.29, 1.82) is 0 Å². The van der Waals surface area contributed by atoms with Crippen molar-refractivity contribution in [3.63, 3.8) is 0 Å². The highest BCUT2D eigenvalue weighted by Gasteiger charge is 2.36. The Morgan fingerprint density at radius 1 is 1.09 bits per heavy atom. The highest BCUT2D eigenvalue weighted by molar-refractivity contribution is 7.89. The molecule has 0 radical (unpaired) electrons. The molecule has 188 valence electrons. The van der Waals surface area contributed by atoms with Crippen molar-refractivity contribution in [3.05, 3.63) is 64.7 Å². The van der Waals surface area contributed by atoms with Crippen LogP contribution < -0.4 is 5.32 Å². The zero-order valence-corrected chi connectivity index (χ0v) is 20.9. The molecule has 0 spiro atoms. The molecule has 0 aromatic heterocycles. The van der Waals surface area contributed by atoms with Crippen molar-refractivity contribution in [2.24, 2.45) is 0 Å². The lowest BCUT2D eigenvalue weighted by Crippen LogP contribution is -2.48. The minimum atomic E-state index is -4.05. The Morgan fingerprint density at radius 3 is 2.51 bits per heavy atom. The van der Waals surface area contributed by atoms with E-state index in [1.165, 1.54) is 28.6 Å². The van der Waals surface area contributed by atoms with Crippen LogP contribution in [0, 0.1) is 0 Å². The number of hydrogen-bond donors (Lipinski definition) is 1. The Balaban J connectivity index is 1.64. The molecule has 4 rings (SSSR count). The number of sulfonamides is 1. The van der Waals surface area contributed by atoms with Gasteiger partial charge in [0.2, 0.25) is 15.9 Å². The van der Waals surface area contributed by atoms with E-state index in [4.69, 9.17) is 11.6 Å². The molecule has 7 nitrogen and oxygen atoms in total. The lowest BCUT2D eigenvalue weighted by Gasteiger charge is -2.30. The number of halogens is 2. The van der Waals surface area contributed by atoms with E-state index in [2.05, 4.69) is 5.32 Å². The van der Waals surface area contributed by atoms with E-state index in [0.717, 1.165) is 6.42 Å². The van der Waals surface area contributed by atoms with Gasteiger partial charge in [-0.2, -0.15) is 4.31 Å². The highest BCUT2D eigenvalue weighted by atomic mass is 35.5. The molecule has 0 saturated carbocycles. The third kappa shape index (κ3) is 6.02. The lowest BCUT2D eigenvalue weighted by atomic mass is 10.1. The van der Waals surface area contributed by atoms with Crippen molar-refractivity contribution in [3.8, 4) is 0 Å². The molecule has 10 heteroatoms. The van der Waals surface area contributed by atoms with E-state index < -0.39 is 22.2 Å². The summed E-state index contributed by atoms with van der Waals surface area (Å²) in [6.07, 6.45) is 1.62. The highest BCUT2D eigenvalue weighted by Crippen LogP contribution is 2.26. The summed E-state index contributed by atoms with van der Waals surface area (Å²) in [6.45, 7) is 1.13. The first-order chi connectivity index (χ1) is 16.8. The maximum absolute atomic E-state index is 13.7. The van der Waals surface area contributed by atoms with Gasteiger partial charge in [0.15, 0.2) is 0 Å². The molecule has 2 saturated heterocycles. The zero-order chi connectivity index (χ0) is 25.0. The summed E-state index contributed by atoms with van der Waals surface area (Å²) in [7, 11) is -4.05. The van der Waals surface area contributed by atoms with Crippen molar-refractivity contribution in [2.75, 3.05) is 19.6 Å². The minimum absolute atomic E-state index is 0.0419. The summed E-state index contributed by atoms with van der Waals surface area (Å²) in [6, 6.07) is 11.7. The van der Waals surface area contributed by atoms with Gasteiger partial charge in [0.1, 0.15) is 12.2 Å². The first-order valence-electron chi connectivity index (χ1n) is 11.8. The van der Waals surface area contributed by atoms with Gasteiger partial charge >= 0.3 is 0 Å². The maximum atomic E-state index is 13.7. The summed E-state index contributed by atoms with van der Waals surface area (Å²) < 4.78 is 42.1. The molecule has 1 N–H and O–H groups in total. The molecule has 2 amide bonds. The number of nitrogens with zero attached hydrogens (tertiary/aromatic N) is 2. The second kappa shape index (κ2) is 11.1. The predicted octanol–water partition coefficient (Wildman–Crippen LogP) is 3.77. The van der Waals surface area contributed by atoms with Gasteiger partial charge < -0.3 is 10.2 Å². The Kier molecular flexibility index (Phi) is 8.09. The standard InChI is InChI=1S/C25H29ClFN3O4S/c26-20-7-9-22(10-8-20)35(33,34)30(23-6-1-2-13-28-24(23)31)17-18-4-3-5-19(16-18)25(32)29-14-11-21(27)12-15-29/h3-5,7-10,16,21,23H,1-2,6,11-15,17H2,(H,28,31). The van der Waals surface area contributed by atoms with Crippen LogP contribution in [0.2, 0.25) is 5.02 Å². The number of hydrogen-bond acceptors (Lipinski definition) is 4. The molecule has 2 aliphatic rings. The molecule has 2 aromatic rings. The van der Waals surface area contributed by atoms with Crippen LogP contribution in [-0.4, -0.2) is 61.3 Å². The summed E-state index contributed by atoms with van der Waals surface area (Å²) in [5.41, 5.74) is 1.000. The third-order valence-corrected chi connectivity index (χ3v) is 8.62. The maximum Gasteiger partial charge on any atom is 0.253 e. The number of amides is 2. The van der Waals surface area contributed by atoms with Crippen molar-refractivity contribution in [1.82, 2.24) is 14.5 Å². The molecule has 2 fully saturated rings. The molecular formula is C25H29ClFN3O4S. The molecule has 2 aromatic carbocycles. The monoisotopic (exact) mass is 521 g/mol. The fourth-order valence-electron chi connectivity index (χ4n) is 4.52. The molecule has 0 bridgehead atoms. The van der Waals surface area contributed by atoms with Crippen LogP contribution in [0.1, 0.15) is 48.0 Å². The normalized spacial score (nSPS) is 19.9. The first kappa shape index (κ1) is 25.6. The van der Waals surface area contributed by atoms with Crippen LogP contribution in [0.3, 0.4) is 0 Å². The van der Waals surface area contributed by atoms with Crippen LogP contribution in [0.15, 0.2) is 53.4 Å². The lowest BCUT2D eigenvalue weighted by molar-refractivity contribution is -0.124. The van der Waals surface area contributed by atoms with Gasteiger partial charge in [-0.3, -0.25) is 9.59 Å². The molecule has 1 atom stereocenters. The fraction of sp³-hybridized carbons (Fsp3) is 0.440. The summed E-state index contributed by atoms with van der Waals surface area (Å²) in [5.74, 6) is -0.542. The molecule has 2 heterocycles. The summed E-state index contributed by atoms with van der Waals surface area (Å²) in [4.78, 5) is 27.5. The molecule has 1 unspecified atom stereocenters. The van der Waals surface area contributed by atoms with Gasteiger partial charge in [-0.1, -0.05) is 23.7 Å². The SMILES string of the molecule is O=C1NCCCCC1N(Cc1cccc(C(=O)N2CCC(F)CC2)c1)S(=O)(=O)c1ccc(Cl)cc1. The van der Waals surface area contributed by atoms with Gasteiger partial charge in [-0.05, 0) is 74.1 Å². The van der Waals surface area contributed by atoms with Crippen molar-refractivity contribution in [2.45, 2.75) is 55.8 Å². The topological polar surface area (TPSA) is 86.8 Å². The Morgan fingerprint density at radius 2 is 1.80 bits per heavy atom. The van der Waals surface area contributed by atoms with E-state index in [1.807, 2.05) is 0 Å². The number of alkyl halides is 1. The summed E-state index contributed by atoms with van der Waals surface area (Å²) in [5, 5.41) is 3.22. The van der Waals surface area contributed by atoms with E-state index in [0.29, 0.717) is 61.5 Å². The molecule has 0 aliphatic carbocycles. The second-order valence-electron chi connectivity index (χ2n) is 8.97. The number of piperidine rings is 1. The fourth-order valence-corrected chi connectivity index (χ4v) is 6.25. The smallest absolute Gasteiger partial charge is 0.253 e. The van der Waals surface area contributed by atoms with Crippen LogP contribution in [0.4, 0.5) is 4.39 Å². The van der Waals surface area contributed by atoms with Gasteiger partial charge in [-0.25, -0.2) is 12.8 Å². The largest absolute Gasteiger partial charge is 0.355 e. The van der Waals surface area contributed by atoms with Crippen molar-refractivity contribution < 1.29 is 22.4 Å². The Bertz CT molecular complexity index is 1170.